The first-order valence-corrected chi connectivity index (χ1v) is 9.07. The Morgan fingerprint density at radius 2 is 1.67 bits per heavy atom. The van der Waals surface area contributed by atoms with Crippen molar-refractivity contribution in [3.8, 4) is 5.75 Å². The largest absolute Gasteiger partial charge is 0.489 e. The topological polar surface area (TPSA) is 38.3 Å². The summed E-state index contributed by atoms with van der Waals surface area (Å²) in [6.45, 7) is 0.513. The van der Waals surface area contributed by atoms with Crippen LogP contribution in [-0.2, 0) is 11.4 Å². The summed E-state index contributed by atoms with van der Waals surface area (Å²) in [7, 11) is 0. The third kappa shape index (κ3) is 5.61. The van der Waals surface area contributed by atoms with Crippen LogP contribution in [0.5, 0.6) is 5.75 Å². The van der Waals surface area contributed by atoms with Crippen LogP contribution < -0.4 is 10.1 Å². The SMILES string of the molecule is O=C(/C=C/c1ccc(OCc2ccccc2)cc1)Nc1cccc(Cl)c1Cl. The van der Waals surface area contributed by atoms with Crippen molar-refractivity contribution in [2.45, 2.75) is 6.61 Å². The van der Waals surface area contributed by atoms with Crippen LogP contribution in [0.4, 0.5) is 5.69 Å². The number of anilines is 1. The highest BCUT2D eigenvalue weighted by Crippen LogP contribution is 2.29. The number of amides is 1. The number of carbonyl (C=O) groups is 1. The Balaban J connectivity index is 1.55. The molecular weight excluding hydrogens is 381 g/mol. The first kappa shape index (κ1) is 19.0. The van der Waals surface area contributed by atoms with Crippen LogP contribution in [0.2, 0.25) is 10.0 Å². The lowest BCUT2D eigenvalue weighted by Crippen LogP contribution is -2.08. The molecule has 1 N–H and O–H groups in total. The first-order chi connectivity index (χ1) is 13.1. The molecule has 0 heterocycles. The minimum Gasteiger partial charge on any atom is -0.489 e. The van der Waals surface area contributed by atoms with Gasteiger partial charge in [0.2, 0.25) is 5.91 Å². The molecule has 27 heavy (non-hydrogen) atoms. The second-order valence-electron chi connectivity index (χ2n) is 5.77. The number of benzene rings is 3. The van der Waals surface area contributed by atoms with Gasteiger partial charge in [0.1, 0.15) is 12.4 Å². The number of ether oxygens (including phenoxy) is 1. The molecule has 0 saturated carbocycles. The van der Waals surface area contributed by atoms with Crippen molar-refractivity contribution >= 4 is 40.9 Å². The third-order valence-electron chi connectivity index (χ3n) is 3.77. The lowest BCUT2D eigenvalue weighted by molar-refractivity contribution is -0.111. The second-order valence-corrected chi connectivity index (χ2v) is 6.55. The number of rotatable bonds is 6. The van der Waals surface area contributed by atoms with E-state index in [1.807, 2.05) is 54.6 Å². The van der Waals surface area contributed by atoms with Crippen LogP contribution in [0.1, 0.15) is 11.1 Å². The van der Waals surface area contributed by atoms with Gasteiger partial charge in [-0.2, -0.15) is 0 Å². The molecule has 136 valence electrons. The van der Waals surface area contributed by atoms with Crippen molar-refractivity contribution in [3.63, 3.8) is 0 Å². The zero-order valence-electron chi connectivity index (χ0n) is 14.4. The van der Waals surface area contributed by atoms with Gasteiger partial charge >= 0.3 is 0 Å². The zero-order chi connectivity index (χ0) is 19.1. The molecule has 0 atom stereocenters. The van der Waals surface area contributed by atoms with Gasteiger partial charge in [-0.3, -0.25) is 4.79 Å². The maximum atomic E-state index is 12.1. The molecule has 0 aliphatic carbocycles. The predicted octanol–water partition coefficient (Wildman–Crippen LogP) is 6.22. The fourth-order valence-corrected chi connectivity index (χ4v) is 2.71. The van der Waals surface area contributed by atoms with Gasteiger partial charge < -0.3 is 10.1 Å². The van der Waals surface area contributed by atoms with Gasteiger partial charge in [-0.05, 0) is 41.5 Å². The fourth-order valence-electron chi connectivity index (χ4n) is 2.36. The molecule has 3 aromatic rings. The molecule has 0 saturated heterocycles. The molecular formula is C22H17Cl2NO2. The van der Waals surface area contributed by atoms with Crippen LogP contribution in [0, 0.1) is 0 Å². The lowest BCUT2D eigenvalue weighted by Gasteiger charge is -2.07. The summed E-state index contributed by atoms with van der Waals surface area (Å²) in [5, 5.41) is 3.42. The summed E-state index contributed by atoms with van der Waals surface area (Å²) in [6.07, 6.45) is 3.16. The highest BCUT2D eigenvalue weighted by molar-refractivity contribution is 6.44. The van der Waals surface area contributed by atoms with E-state index in [1.165, 1.54) is 6.08 Å². The predicted molar refractivity (Wildman–Crippen MR) is 111 cm³/mol. The minimum atomic E-state index is -0.288. The quantitative estimate of drug-likeness (QED) is 0.501. The Kier molecular flexibility index (Phi) is 6.53. The van der Waals surface area contributed by atoms with E-state index < -0.39 is 0 Å². The van der Waals surface area contributed by atoms with Crippen molar-refractivity contribution < 1.29 is 9.53 Å². The van der Waals surface area contributed by atoms with Gasteiger partial charge in [0.15, 0.2) is 0 Å². The normalized spacial score (nSPS) is 10.7. The average Bonchev–Trinajstić information content (AvgIpc) is 2.70. The van der Waals surface area contributed by atoms with E-state index in [2.05, 4.69) is 5.32 Å². The minimum absolute atomic E-state index is 0.288. The molecule has 0 aliphatic heterocycles. The van der Waals surface area contributed by atoms with Crippen LogP contribution in [0.15, 0.2) is 78.9 Å². The summed E-state index contributed by atoms with van der Waals surface area (Å²) >= 11 is 12.0. The molecule has 3 nitrogen and oxygen atoms in total. The van der Waals surface area contributed by atoms with Crippen molar-refractivity contribution in [2.24, 2.45) is 0 Å². The van der Waals surface area contributed by atoms with Crippen LogP contribution in [0.25, 0.3) is 6.08 Å². The highest BCUT2D eigenvalue weighted by Gasteiger charge is 2.06. The molecule has 5 heteroatoms. The van der Waals surface area contributed by atoms with Crippen molar-refractivity contribution in [2.75, 3.05) is 5.32 Å². The Hall–Kier alpha value is -2.75. The number of hydrogen-bond acceptors (Lipinski definition) is 2. The average molecular weight is 398 g/mol. The summed E-state index contributed by atoms with van der Waals surface area (Å²) in [5.74, 6) is 0.481. The second kappa shape index (κ2) is 9.26. The molecule has 0 unspecified atom stereocenters. The van der Waals surface area contributed by atoms with Gasteiger partial charge in [0.05, 0.1) is 15.7 Å². The van der Waals surface area contributed by atoms with E-state index in [9.17, 15) is 4.79 Å². The fraction of sp³-hybridized carbons (Fsp3) is 0.0455. The van der Waals surface area contributed by atoms with Crippen LogP contribution >= 0.6 is 23.2 Å². The standard InChI is InChI=1S/C22H17Cl2NO2/c23-19-7-4-8-20(22(19)24)25-21(26)14-11-16-9-12-18(13-10-16)27-15-17-5-2-1-3-6-17/h1-14H,15H2,(H,25,26)/b14-11+. The molecule has 0 spiro atoms. The molecule has 0 aliphatic rings. The van der Waals surface area contributed by atoms with Gasteiger partial charge in [0, 0.05) is 6.08 Å². The molecule has 1 amide bonds. The van der Waals surface area contributed by atoms with Gasteiger partial charge in [-0.25, -0.2) is 0 Å². The summed E-state index contributed by atoms with van der Waals surface area (Å²) in [4.78, 5) is 12.1. The number of hydrogen-bond donors (Lipinski definition) is 1. The van der Waals surface area contributed by atoms with Crippen molar-refractivity contribution in [3.05, 3.63) is 100 Å². The molecule has 0 fully saturated rings. The van der Waals surface area contributed by atoms with Gasteiger partial charge in [0.25, 0.3) is 0 Å². The smallest absolute Gasteiger partial charge is 0.248 e. The van der Waals surface area contributed by atoms with Gasteiger partial charge in [-0.1, -0.05) is 71.7 Å². The summed E-state index contributed by atoms with van der Waals surface area (Å²) in [6, 6.07) is 22.6. The molecule has 0 bridgehead atoms. The van der Waals surface area contributed by atoms with Crippen LogP contribution in [0.3, 0.4) is 0 Å². The van der Waals surface area contributed by atoms with Gasteiger partial charge in [-0.15, -0.1) is 0 Å². The maximum Gasteiger partial charge on any atom is 0.248 e. The summed E-state index contributed by atoms with van der Waals surface area (Å²) < 4.78 is 5.75. The number of carbonyl (C=O) groups excluding carboxylic acids is 1. The number of nitrogens with one attached hydrogen (secondary N) is 1. The molecule has 3 aromatic carbocycles. The lowest BCUT2D eigenvalue weighted by atomic mass is 10.2. The van der Waals surface area contributed by atoms with E-state index >= 15 is 0 Å². The zero-order valence-corrected chi connectivity index (χ0v) is 15.9. The molecule has 0 radical (unpaired) electrons. The highest BCUT2D eigenvalue weighted by atomic mass is 35.5. The molecule has 3 rings (SSSR count). The van der Waals surface area contributed by atoms with E-state index in [1.54, 1.807) is 24.3 Å². The van der Waals surface area contributed by atoms with Crippen molar-refractivity contribution in [1.82, 2.24) is 0 Å². The van der Waals surface area contributed by atoms with E-state index in [0.29, 0.717) is 22.3 Å². The Bertz CT molecular complexity index is 938. The van der Waals surface area contributed by atoms with Crippen molar-refractivity contribution in [1.29, 1.82) is 0 Å². The third-order valence-corrected chi connectivity index (χ3v) is 4.58. The van der Waals surface area contributed by atoms with E-state index in [0.717, 1.165) is 16.9 Å². The molecule has 0 aromatic heterocycles. The van der Waals surface area contributed by atoms with E-state index in [4.69, 9.17) is 27.9 Å². The Morgan fingerprint density at radius 1 is 0.926 bits per heavy atom. The summed E-state index contributed by atoms with van der Waals surface area (Å²) in [5.41, 5.74) is 2.47. The maximum absolute atomic E-state index is 12.1. The Labute approximate surface area is 168 Å². The first-order valence-electron chi connectivity index (χ1n) is 8.32. The van der Waals surface area contributed by atoms with E-state index in [-0.39, 0.29) is 5.91 Å². The number of halogens is 2. The van der Waals surface area contributed by atoms with Crippen LogP contribution in [-0.4, -0.2) is 5.91 Å². The monoisotopic (exact) mass is 397 g/mol. The Morgan fingerprint density at radius 3 is 2.41 bits per heavy atom.